The smallest absolute Gasteiger partial charge is 0.0766 e. The predicted octanol–water partition coefficient (Wildman–Crippen LogP) is 2.53. The molecule has 1 saturated carbocycles. The van der Waals surface area contributed by atoms with Gasteiger partial charge >= 0.3 is 0 Å². The van der Waals surface area contributed by atoms with Crippen LogP contribution in [0.4, 0.5) is 0 Å². The van der Waals surface area contributed by atoms with Crippen molar-refractivity contribution in [1.82, 2.24) is 20.2 Å². The molecule has 4 rings (SSSR count). The number of nitrogens with one attached hydrogen (secondary N) is 3. The lowest BCUT2D eigenvalue weighted by molar-refractivity contribution is 0.183. The van der Waals surface area contributed by atoms with Crippen LogP contribution in [-0.2, 0) is 6.54 Å². The quantitative estimate of drug-likeness (QED) is 0.599. The molecule has 0 radical (unpaired) electrons. The maximum atomic E-state index is 3.23. The molecule has 0 spiro atoms. The molecule has 1 aromatic rings. The standard InChI is InChI=1S/C12H18N4/c1-2-8-4-5-10-12-11(8)9(3-1)6-7-16(12)15-14-13-10/h4-5,8-9,11,13-15H,1-3,6-7H2. The summed E-state index contributed by atoms with van der Waals surface area (Å²) in [4.78, 5) is 0. The van der Waals surface area contributed by atoms with Crippen LogP contribution in [0.2, 0.25) is 0 Å². The molecule has 86 valence electrons. The van der Waals surface area contributed by atoms with E-state index in [9.17, 15) is 0 Å². The number of rotatable bonds is 0. The molecule has 0 saturated heterocycles. The molecule has 4 heteroatoms. The Hall–Kier alpha value is -1.32. The minimum Gasteiger partial charge on any atom is -0.284 e. The molecular weight excluding hydrogens is 200 g/mol. The number of H-pyrrole nitrogens is 3. The highest BCUT2D eigenvalue weighted by atomic mass is 15.5. The van der Waals surface area contributed by atoms with Gasteiger partial charge in [-0.1, -0.05) is 12.5 Å². The molecule has 2 heterocycles. The van der Waals surface area contributed by atoms with Gasteiger partial charge in [-0.15, -0.1) is 0 Å². The molecule has 3 atom stereocenters. The minimum absolute atomic E-state index is 0.754. The van der Waals surface area contributed by atoms with E-state index < -0.39 is 0 Å². The molecule has 2 aliphatic carbocycles. The first-order valence-electron chi connectivity index (χ1n) is 6.40. The Kier molecular flexibility index (Phi) is 1.70. The lowest BCUT2D eigenvalue weighted by atomic mass is 9.66. The summed E-state index contributed by atoms with van der Waals surface area (Å²) in [6.45, 7) is 1.13. The summed E-state index contributed by atoms with van der Waals surface area (Å²) in [5, 5.41) is 9.47. The monoisotopic (exact) mass is 218 g/mol. The maximum absolute atomic E-state index is 3.23. The SMILES string of the molecule is C1=CC2CCCC3CCn4[nH][nH][nH]c1c4C23. The number of hydrogen-bond acceptors (Lipinski definition) is 0. The van der Waals surface area contributed by atoms with Crippen LogP contribution in [0.1, 0.15) is 43.0 Å². The van der Waals surface area contributed by atoms with Crippen LogP contribution in [0.3, 0.4) is 0 Å². The van der Waals surface area contributed by atoms with Gasteiger partial charge in [0.25, 0.3) is 0 Å². The highest BCUT2D eigenvalue weighted by Crippen LogP contribution is 2.49. The second-order valence-electron chi connectivity index (χ2n) is 5.34. The number of allylic oxidation sites excluding steroid dienone is 1. The van der Waals surface area contributed by atoms with Crippen molar-refractivity contribution in [3.8, 4) is 0 Å². The first-order valence-corrected chi connectivity index (χ1v) is 6.40. The van der Waals surface area contributed by atoms with Crippen LogP contribution in [0.15, 0.2) is 6.08 Å². The second kappa shape index (κ2) is 3.09. The Bertz CT molecular complexity index is 468. The maximum Gasteiger partial charge on any atom is 0.0766 e. The zero-order chi connectivity index (χ0) is 10.5. The first-order chi connectivity index (χ1) is 7.93. The Morgan fingerprint density at radius 2 is 2.25 bits per heavy atom. The summed E-state index contributed by atoms with van der Waals surface area (Å²) in [6.07, 6.45) is 10.2. The lowest BCUT2D eigenvalue weighted by Crippen LogP contribution is -2.37. The van der Waals surface area contributed by atoms with Crippen LogP contribution in [0.25, 0.3) is 6.08 Å². The van der Waals surface area contributed by atoms with E-state index in [-0.39, 0.29) is 0 Å². The normalized spacial score (nSPS) is 34.6. The average Bonchev–Trinajstić information content (AvgIpc) is 2.36. The third kappa shape index (κ3) is 1.05. The minimum atomic E-state index is 0.754. The summed E-state index contributed by atoms with van der Waals surface area (Å²) < 4.78 is 2.30. The van der Waals surface area contributed by atoms with Gasteiger partial charge in [-0.05, 0) is 37.2 Å². The van der Waals surface area contributed by atoms with Gasteiger partial charge in [0.1, 0.15) is 0 Å². The van der Waals surface area contributed by atoms with E-state index >= 15 is 0 Å². The van der Waals surface area contributed by atoms with Crippen molar-refractivity contribution in [2.24, 2.45) is 11.8 Å². The van der Waals surface area contributed by atoms with Crippen LogP contribution >= 0.6 is 0 Å². The van der Waals surface area contributed by atoms with Crippen molar-refractivity contribution in [3.05, 3.63) is 17.5 Å². The number of aromatic nitrogens is 4. The molecule has 3 N–H and O–H groups in total. The van der Waals surface area contributed by atoms with Crippen LogP contribution < -0.4 is 0 Å². The van der Waals surface area contributed by atoms with E-state index in [1.807, 2.05) is 0 Å². The molecule has 1 aromatic heterocycles. The van der Waals surface area contributed by atoms with E-state index in [2.05, 4.69) is 32.4 Å². The van der Waals surface area contributed by atoms with Crippen LogP contribution in [-0.4, -0.2) is 20.2 Å². The van der Waals surface area contributed by atoms with Gasteiger partial charge in [0.2, 0.25) is 0 Å². The molecule has 3 aliphatic rings. The molecule has 0 aromatic carbocycles. The fraction of sp³-hybridized carbons (Fsp3) is 0.667. The molecule has 16 heavy (non-hydrogen) atoms. The van der Waals surface area contributed by atoms with Crippen LogP contribution in [0, 0.1) is 11.8 Å². The third-order valence-electron chi connectivity index (χ3n) is 4.59. The molecule has 1 fully saturated rings. The lowest BCUT2D eigenvalue weighted by Gasteiger charge is -2.44. The van der Waals surface area contributed by atoms with E-state index in [1.165, 1.54) is 37.1 Å². The number of aromatic amines is 3. The number of aryl methyl sites for hydroxylation is 1. The first kappa shape index (κ1) is 8.79. The Morgan fingerprint density at radius 1 is 1.25 bits per heavy atom. The number of nitrogens with zero attached hydrogens (tertiary/aromatic N) is 1. The molecule has 0 amide bonds. The Labute approximate surface area is 94.4 Å². The second-order valence-corrected chi connectivity index (χ2v) is 5.34. The summed E-state index contributed by atoms with van der Waals surface area (Å²) >= 11 is 0. The Balaban J connectivity index is 1.94. The topological polar surface area (TPSA) is 52.3 Å². The summed E-state index contributed by atoms with van der Waals surface area (Å²) in [5.41, 5.74) is 2.77. The predicted molar refractivity (Wildman–Crippen MR) is 62.3 cm³/mol. The van der Waals surface area contributed by atoms with Gasteiger partial charge < -0.3 is 0 Å². The van der Waals surface area contributed by atoms with Crippen molar-refractivity contribution in [2.75, 3.05) is 0 Å². The van der Waals surface area contributed by atoms with E-state index in [4.69, 9.17) is 0 Å². The van der Waals surface area contributed by atoms with Gasteiger partial charge in [0.05, 0.1) is 11.4 Å². The zero-order valence-corrected chi connectivity index (χ0v) is 9.37. The molecule has 4 nitrogen and oxygen atoms in total. The van der Waals surface area contributed by atoms with Gasteiger partial charge in [-0.25, -0.2) is 10.4 Å². The third-order valence-corrected chi connectivity index (χ3v) is 4.59. The van der Waals surface area contributed by atoms with Crippen molar-refractivity contribution in [1.29, 1.82) is 0 Å². The van der Waals surface area contributed by atoms with Gasteiger partial charge in [0.15, 0.2) is 0 Å². The summed E-state index contributed by atoms with van der Waals surface area (Å²) in [5.74, 6) is 2.44. The zero-order valence-electron chi connectivity index (χ0n) is 9.37. The summed E-state index contributed by atoms with van der Waals surface area (Å²) in [6, 6.07) is 0. The molecule has 1 aliphatic heterocycles. The molecular formula is C12H18N4. The van der Waals surface area contributed by atoms with Crippen LogP contribution in [0.5, 0.6) is 0 Å². The van der Waals surface area contributed by atoms with E-state index in [0.29, 0.717) is 0 Å². The van der Waals surface area contributed by atoms with Crippen molar-refractivity contribution >= 4 is 6.08 Å². The highest BCUT2D eigenvalue weighted by Gasteiger charge is 2.40. The summed E-state index contributed by atoms with van der Waals surface area (Å²) in [7, 11) is 0. The van der Waals surface area contributed by atoms with Gasteiger partial charge in [-0.2, -0.15) is 0 Å². The fourth-order valence-corrected chi connectivity index (χ4v) is 3.90. The van der Waals surface area contributed by atoms with Crippen molar-refractivity contribution in [3.63, 3.8) is 0 Å². The van der Waals surface area contributed by atoms with E-state index in [1.54, 1.807) is 0 Å². The highest BCUT2D eigenvalue weighted by molar-refractivity contribution is 5.52. The van der Waals surface area contributed by atoms with Crippen molar-refractivity contribution < 1.29 is 0 Å². The van der Waals surface area contributed by atoms with Crippen molar-refractivity contribution in [2.45, 2.75) is 38.1 Å². The average molecular weight is 218 g/mol. The largest absolute Gasteiger partial charge is 0.284 e. The fourth-order valence-electron chi connectivity index (χ4n) is 3.90. The number of hydrogen-bond donors (Lipinski definition) is 3. The molecule has 0 bridgehead atoms. The molecule has 3 unspecified atom stereocenters. The Morgan fingerprint density at radius 3 is 3.25 bits per heavy atom. The van der Waals surface area contributed by atoms with E-state index in [0.717, 1.165) is 24.3 Å². The van der Waals surface area contributed by atoms with Gasteiger partial charge in [-0.3, -0.25) is 9.78 Å². The van der Waals surface area contributed by atoms with Gasteiger partial charge in [0, 0.05) is 12.5 Å².